The number of furan rings is 1. The molecule has 1 amide bonds. The van der Waals surface area contributed by atoms with Gasteiger partial charge >= 0.3 is 11.7 Å². The van der Waals surface area contributed by atoms with Gasteiger partial charge in [-0.05, 0) is 17.7 Å². The lowest BCUT2D eigenvalue weighted by Gasteiger charge is -2.24. The number of fused-ring (bicyclic) bond motifs is 1. The molecule has 0 aliphatic rings. The van der Waals surface area contributed by atoms with Crippen LogP contribution in [0.3, 0.4) is 0 Å². The van der Waals surface area contributed by atoms with E-state index in [4.69, 9.17) is 24.4 Å². The van der Waals surface area contributed by atoms with Crippen LogP contribution in [0.15, 0.2) is 68.8 Å². The van der Waals surface area contributed by atoms with Crippen LogP contribution in [-0.2, 0) is 32.0 Å². The van der Waals surface area contributed by atoms with Gasteiger partial charge in [0.2, 0.25) is 0 Å². The molecular weight excluding hydrogens is 508 g/mol. The van der Waals surface area contributed by atoms with E-state index in [-0.39, 0.29) is 37.6 Å². The van der Waals surface area contributed by atoms with Crippen LogP contribution in [0.4, 0.5) is 11.5 Å². The van der Waals surface area contributed by atoms with Crippen molar-refractivity contribution in [1.29, 1.82) is 0 Å². The third-order valence-electron chi connectivity index (χ3n) is 6.04. The molecule has 4 rings (SSSR count). The van der Waals surface area contributed by atoms with Gasteiger partial charge in [-0.3, -0.25) is 28.8 Å². The van der Waals surface area contributed by atoms with Crippen LogP contribution in [0.2, 0.25) is 0 Å². The van der Waals surface area contributed by atoms with Crippen LogP contribution in [0.1, 0.15) is 11.1 Å². The van der Waals surface area contributed by atoms with Gasteiger partial charge in [0.05, 0.1) is 32.9 Å². The normalized spacial score (nSPS) is 10.9. The zero-order chi connectivity index (χ0) is 27.9. The number of aromatic nitrogens is 2. The van der Waals surface area contributed by atoms with E-state index in [0.29, 0.717) is 22.3 Å². The maximum absolute atomic E-state index is 13.2. The minimum Gasteiger partial charge on any atom is -0.497 e. The molecular formula is C27H28N4O8. The standard InChI is InChI=1S/C27H28N4O8/c1-36-11-10-30(24-25(28)31(27(35)29-26(24)34)14-17-6-4-3-5-7-17)22(32)16-39-23(33)12-18-15-38-21-13-19(37-2)8-9-20(18)21/h3-9,13,15H,10-12,14,16,28H2,1-2H3,(H,29,34,35). The number of hydrogen-bond acceptors (Lipinski definition) is 9. The molecule has 0 saturated heterocycles. The highest BCUT2D eigenvalue weighted by Gasteiger charge is 2.25. The first-order valence-electron chi connectivity index (χ1n) is 12.0. The van der Waals surface area contributed by atoms with Crippen molar-refractivity contribution in [1.82, 2.24) is 9.55 Å². The molecule has 2 heterocycles. The van der Waals surface area contributed by atoms with E-state index in [1.165, 1.54) is 20.5 Å². The Morgan fingerprint density at radius 3 is 2.59 bits per heavy atom. The van der Waals surface area contributed by atoms with Crippen molar-refractivity contribution in [2.75, 3.05) is 44.6 Å². The lowest BCUT2D eigenvalue weighted by Crippen LogP contribution is -2.44. The monoisotopic (exact) mass is 536 g/mol. The van der Waals surface area contributed by atoms with Crippen LogP contribution in [0.25, 0.3) is 11.0 Å². The number of nitrogens with two attached hydrogens (primary N) is 1. The summed E-state index contributed by atoms with van der Waals surface area (Å²) in [6, 6.07) is 14.2. The van der Waals surface area contributed by atoms with Gasteiger partial charge in [0.15, 0.2) is 12.3 Å². The van der Waals surface area contributed by atoms with Crippen LogP contribution in [0, 0.1) is 0 Å². The topological polar surface area (TPSA) is 159 Å². The number of hydrogen-bond donors (Lipinski definition) is 2. The quantitative estimate of drug-likeness (QED) is 0.272. The molecule has 0 radical (unpaired) electrons. The first-order valence-corrected chi connectivity index (χ1v) is 12.0. The number of methoxy groups -OCH3 is 2. The van der Waals surface area contributed by atoms with E-state index >= 15 is 0 Å². The van der Waals surface area contributed by atoms with Crippen molar-refractivity contribution in [3.05, 3.63) is 86.8 Å². The Morgan fingerprint density at radius 1 is 1.10 bits per heavy atom. The van der Waals surface area contributed by atoms with E-state index in [0.717, 1.165) is 15.0 Å². The number of nitrogens with zero attached hydrogens (tertiary/aromatic N) is 2. The minimum absolute atomic E-state index is 0.0564. The van der Waals surface area contributed by atoms with E-state index in [1.54, 1.807) is 42.5 Å². The number of amides is 1. The second kappa shape index (κ2) is 12.1. The second-order valence-corrected chi connectivity index (χ2v) is 8.56. The number of rotatable bonds is 11. The number of anilines is 2. The molecule has 2 aromatic heterocycles. The van der Waals surface area contributed by atoms with Gasteiger partial charge in [-0.1, -0.05) is 30.3 Å². The van der Waals surface area contributed by atoms with Gasteiger partial charge in [0.25, 0.3) is 11.5 Å². The predicted octanol–water partition coefficient (Wildman–Crippen LogP) is 1.69. The van der Waals surface area contributed by atoms with Gasteiger partial charge in [-0.25, -0.2) is 4.79 Å². The summed E-state index contributed by atoms with van der Waals surface area (Å²) in [7, 11) is 2.96. The lowest BCUT2D eigenvalue weighted by molar-refractivity contribution is -0.147. The maximum atomic E-state index is 13.2. The van der Waals surface area contributed by atoms with Crippen molar-refractivity contribution < 1.29 is 28.2 Å². The van der Waals surface area contributed by atoms with E-state index in [2.05, 4.69) is 4.98 Å². The SMILES string of the molecule is COCCN(C(=O)COC(=O)Cc1coc2cc(OC)ccc12)c1c(N)n(Cc2ccccc2)c(=O)[nH]c1=O. The lowest BCUT2D eigenvalue weighted by atomic mass is 10.1. The van der Waals surface area contributed by atoms with Crippen LogP contribution in [-0.4, -0.2) is 55.4 Å². The number of carbonyl (C=O) groups excluding carboxylic acids is 2. The molecule has 0 unspecified atom stereocenters. The highest BCUT2D eigenvalue weighted by atomic mass is 16.5. The van der Waals surface area contributed by atoms with E-state index < -0.39 is 29.7 Å². The van der Waals surface area contributed by atoms with Gasteiger partial charge in [0.1, 0.15) is 17.2 Å². The summed E-state index contributed by atoms with van der Waals surface area (Å²) in [5, 5.41) is 0.709. The number of benzene rings is 2. The zero-order valence-corrected chi connectivity index (χ0v) is 21.5. The second-order valence-electron chi connectivity index (χ2n) is 8.56. The largest absolute Gasteiger partial charge is 0.497 e. The molecule has 0 saturated carbocycles. The molecule has 0 spiro atoms. The van der Waals surface area contributed by atoms with Crippen LogP contribution in [0.5, 0.6) is 5.75 Å². The number of nitrogens with one attached hydrogen (secondary N) is 1. The van der Waals surface area contributed by atoms with Gasteiger partial charge in [-0.15, -0.1) is 0 Å². The minimum atomic E-state index is -0.849. The average molecular weight is 537 g/mol. The Balaban J connectivity index is 1.52. The Labute approximate surface area is 222 Å². The van der Waals surface area contributed by atoms with E-state index in [9.17, 15) is 19.2 Å². The molecule has 39 heavy (non-hydrogen) atoms. The highest BCUT2D eigenvalue weighted by molar-refractivity contribution is 5.97. The third kappa shape index (κ3) is 6.18. The Hall–Kier alpha value is -4.84. The third-order valence-corrected chi connectivity index (χ3v) is 6.04. The number of carbonyl (C=O) groups is 2. The van der Waals surface area contributed by atoms with Crippen LogP contribution >= 0.6 is 0 Å². The molecule has 3 N–H and O–H groups in total. The summed E-state index contributed by atoms with van der Waals surface area (Å²) in [6.07, 6.45) is 1.30. The number of aromatic amines is 1. The molecule has 4 aromatic rings. The summed E-state index contributed by atoms with van der Waals surface area (Å²) in [4.78, 5) is 54.3. The van der Waals surface area contributed by atoms with Crippen molar-refractivity contribution in [3.8, 4) is 5.75 Å². The Morgan fingerprint density at radius 2 is 1.87 bits per heavy atom. The van der Waals surface area contributed by atoms with Gasteiger partial charge in [-0.2, -0.15) is 0 Å². The summed E-state index contributed by atoms with van der Waals surface area (Å²) >= 11 is 0. The molecule has 12 heteroatoms. The number of ether oxygens (including phenoxy) is 3. The van der Waals surface area contributed by atoms with Crippen LogP contribution < -0.4 is 26.6 Å². The summed E-state index contributed by atoms with van der Waals surface area (Å²) in [6.45, 7) is -0.608. The molecule has 0 fully saturated rings. The first kappa shape index (κ1) is 27.2. The number of H-pyrrole nitrogens is 1. The predicted molar refractivity (Wildman–Crippen MR) is 143 cm³/mol. The van der Waals surface area contributed by atoms with Gasteiger partial charge < -0.3 is 24.4 Å². The molecule has 204 valence electrons. The molecule has 0 aliphatic heterocycles. The molecule has 12 nitrogen and oxygen atoms in total. The highest BCUT2D eigenvalue weighted by Crippen LogP contribution is 2.26. The first-order chi connectivity index (χ1) is 18.8. The van der Waals surface area contributed by atoms with E-state index in [1.807, 2.05) is 6.07 Å². The summed E-state index contributed by atoms with van der Waals surface area (Å²) in [5.74, 6) is -0.991. The fourth-order valence-corrected chi connectivity index (χ4v) is 4.06. The average Bonchev–Trinajstić information content (AvgIpc) is 3.33. The smallest absolute Gasteiger partial charge is 0.330 e. The maximum Gasteiger partial charge on any atom is 0.330 e. The van der Waals surface area contributed by atoms with Crippen molar-refractivity contribution in [2.45, 2.75) is 13.0 Å². The number of esters is 1. The zero-order valence-electron chi connectivity index (χ0n) is 21.5. The molecule has 0 atom stereocenters. The van der Waals surface area contributed by atoms with Crippen molar-refractivity contribution in [2.24, 2.45) is 0 Å². The number of nitrogen functional groups attached to an aromatic ring is 1. The van der Waals surface area contributed by atoms with Gasteiger partial charge in [0, 0.05) is 30.7 Å². The Kier molecular flexibility index (Phi) is 8.46. The summed E-state index contributed by atoms with van der Waals surface area (Å²) in [5.41, 5.74) is 6.32. The van der Waals surface area contributed by atoms with Crippen molar-refractivity contribution in [3.63, 3.8) is 0 Å². The van der Waals surface area contributed by atoms with Crippen molar-refractivity contribution >= 4 is 34.4 Å². The molecule has 0 bridgehead atoms. The molecule has 2 aromatic carbocycles. The Bertz CT molecular complexity index is 1590. The summed E-state index contributed by atoms with van der Waals surface area (Å²) < 4.78 is 22.1. The molecule has 0 aliphatic carbocycles. The fraction of sp³-hybridized carbons (Fsp3) is 0.259. The fourth-order valence-electron chi connectivity index (χ4n) is 4.06.